The third-order valence-electron chi connectivity index (χ3n) is 2.58. The van der Waals surface area contributed by atoms with Crippen LogP contribution in [0.15, 0.2) is 40.2 Å². The molecule has 0 saturated carbocycles. The molecule has 0 spiro atoms. The molecule has 0 unspecified atom stereocenters. The normalized spacial score (nSPS) is 12.6. The van der Waals surface area contributed by atoms with Crippen LogP contribution in [0.2, 0.25) is 0 Å². The van der Waals surface area contributed by atoms with Gasteiger partial charge in [-0.05, 0) is 36.6 Å². The van der Waals surface area contributed by atoms with E-state index in [-0.39, 0.29) is 11.9 Å². The molecule has 0 fully saturated rings. The lowest BCUT2D eigenvalue weighted by atomic mass is 10.2. The van der Waals surface area contributed by atoms with Crippen molar-refractivity contribution in [2.45, 2.75) is 19.5 Å². The molecule has 1 nitrogen and oxygen atoms in total. The number of rotatable bonds is 4. The van der Waals surface area contributed by atoms with Crippen molar-refractivity contribution in [1.29, 1.82) is 0 Å². The summed E-state index contributed by atoms with van der Waals surface area (Å²) in [7, 11) is 0. The summed E-state index contributed by atoms with van der Waals surface area (Å²) < 4.78 is 14.4. The van der Waals surface area contributed by atoms with Gasteiger partial charge in [-0.1, -0.05) is 22.0 Å². The van der Waals surface area contributed by atoms with Gasteiger partial charge in [-0.25, -0.2) is 4.39 Å². The van der Waals surface area contributed by atoms with Crippen LogP contribution >= 0.6 is 27.3 Å². The van der Waals surface area contributed by atoms with Crippen molar-refractivity contribution in [3.8, 4) is 0 Å². The van der Waals surface area contributed by atoms with Crippen LogP contribution in [0.1, 0.15) is 23.4 Å². The molecule has 0 saturated heterocycles. The molecule has 2 rings (SSSR count). The number of hydrogen-bond donors (Lipinski definition) is 1. The summed E-state index contributed by atoms with van der Waals surface area (Å²) in [6.45, 7) is 2.62. The van der Waals surface area contributed by atoms with Crippen molar-refractivity contribution in [2.24, 2.45) is 0 Å². The average Bonchev–Trinajstić information content (AvgIpc) is 2.83. The zero-order chi connectivity index (χ0) is 12.3. The predicted molar refractivity (Wildman–Crippen MR) is 73.7 cm³/mol. The topological polar surface area (TPSA) is 12.0 Å². The Labute approximate surface area is 113 Å². The number of halogens is 2. The van der Waals surface area contributed by atoms with Gasteiger partial charge in [0.25, 0.3) is 0 Å². The predicted octanol–water partition coefficient (Wildman–Crippen LogP) is 4.50. The molecule has 0 bridgehead atoms. The minimum absolute atomic E-state index is 0.168. The summed E-state index contributed by atoms with van der Waals surface area (Å²) in [5.74, 6) is -0.168. The molecule has 0 aliphatic heterocycles. The van der Waals surface area contributed by atoms with E-state index < -0.39 is 0 Å². The highest BCUT2D eigenvalue weighted by molar-refractivity contribution is 9.10. The van der Waals surface area contributed by atoms with Crippen molar-refractivity contribution in [1.82, 2.24) is 5.32 Å². The van der Waals surface area contributed by atoms with E-state index >= 15 is 0 Å². The molecule has 1 aromatic heterocycles. The number of benzene rings is 1. The van der Waals surface area contributed by atoms with Crippen molar-refractivity contribution in [3.05, 3.63) is 56.4 Å². The first-order valence-electron chi connectivity index (χ1n) is 5.37. The van der Waals surface area contributed by atoms with Gasteiger partial charge in [0.15, 0.2) is 0 Å². The van der Waals surface area contributed by atoms with Gasteiger partial charge in [0.05, 0.1) is 0 Å². The summed E-state index contributed by atoms with van der Waals surface area (Å²) in [5, 5.41) is 5.37. The fourth-order valence-electron chi connectivity index (χ4n) is 1.58. The van der Waals surface area contributed by atoms with Gasteiger partial charge in [-0.2, -0.15) is 0 Å². The fraction of sp³-hybridized carbons (Fsp3) is 0.231. The molecular weight excluding hydrogens is 301 g/mol. The first kappa shape index (κ1) is 12.7. The maximum Gasteiger partial charge on any atom is 0.127 e. The molecule has 0 aliphatic rings. The molecular formula is C13H13BrFNS. The van der Waals surface area contributed by atoms with Gasteiger partial charge in [0, 0.05) is 27.5 Å². The Morgan fingerprint density at radius 2 is 2.24 bits per heavy atom. The van der Waals surface area contributed by atoms with Crippen LogP contribution in [0.25, 0.3) is 0 Å². The van der Waals surface area contributed by atoms with E-state index in [2.05, 4.69) is 34.2 Å². The van der Waals surface area contributed by atoms with Gasteiger partial charge in [0.1, 0.15) is 5.82 Å². The van der Waals surface area contributed by atoms with Crippen LogP contribution in [-0.4, -0.2) is 0 Å². The highest BCUT2D eigenvalue weighted by Crippen LogP contribution is 2.20. The summed E-state index contributed by atoms with van der Waals surface area (Å²) in [5.41, 5.74) is 0.683. The maximum atomic E-state index is 13.5. The lowest BCUT2D eigenvalue weighted by Crippen LogP contribution is -2.17. The Balaban J connectivity index is 2.00. The van der Waals surface area contributed by atoms with Gasteiger partial charge < -0.3 is 5.32 Å². The maximum absolute atomic E-state index is 13.5. The molecule has 1 N–H and O–H groups in total. The monoisotopic (exact) mass is 313 g/mol. The highest BCUT2D eigenvalue weighted by atomic mass is 79.9. The molecule has 17 heavy (non-hydrogen) atoms. The van der Waals surface area contributed by atoms with E-state index in [1.54, 1.807) is 17.4 Å². The molecule has 2 aromatic rings. The Hall–Kier alpha value is -0.710. The van der Waals surface area contributed by atoms with Crippen molar-refractivity contribution >= 4 is 27.3 Å². The first-order valence-corrected chi connectivity index (χ1v) is 7.05. The summed E-state index contributed by atoms with van der Waals surface area (Å²) in [6, 6.07) is 9.35. The largest absolute Gasteiger partial charge is 0.305 e. The fourth-order valence-corrected chi connectivity index (χ4v) is 2.75. The Bertz CT molecular complexity index is 484. The lowest BCUT2D eigenvalue weighted by molar-refractivity contribution is 0.549. The molecule has 1 heterocycles. The second kappa shape index (κ2) is 5.76. The molecule has 0 aliphatic carbocycles. The van der Waals surface area contributed by atoms with Crippen LogP contribution < -0.4 is 5.32 Å². The zero-order valence-corrected chi connectivity index (χ0v) is 11.8. The first-order chi connectivity index (χ1) is 8.16. The van der Waals surface area contributed by atoms with Crippen LogP contribution in [0.4, 0.5) is 4.39 Å². The molecule has 4 heteroatoms. The minimum atomic E-state index is -0.168. The van der Waals surface area contributed by atoms with E-state index in [0.717, 1.165) is 4.47 Å². The van der Waals surface area contributed by atoms with E-state index in [4.69, 9.17) is 0 Å². The smallest absolute Gasteiger partial charge is 0.127 e. The second-order valence-corrected chi connectivity index (χ2v) is 5.75. The molecule has 1 aromatic carbocycles. The Kier molecular flexibility index (Phi) is 4.31. The van der Waals surface area contributed by atoms with Crippen LogP contribution in [0.3, 0.4) is 0 Å². The average molecular weight is 314 g/mol. The van der Waals surface area contributed by atoms with Gasteiger partial charge >= 0.3 is 0 Å². The van der Waals surface area contributed by atoms with Crippen molar-refractivity contribution in [2.75, 3.05) is 0 Å². The Morgan fingerprint density at radius 3 is 2.94 bits per heavy atom. The van der Waals surface area contributed by atoms with E-state index in [0.29, 0.717) is 12.1 Å². The summed E-state index contributed by atoms with van der Waals surface area (Å²) >= 11 is 5.06. The SMILES string of the molecule is C[C@H](NCc1cc(Br)ccc1F)c1cccs1. The minimum Gasteiger partial charge on any atom is -0.305 e. The lowest BCUT2D eigenvalue weighted by Gasteiger charge is -2.12. The van der Waals surface area contributed by atoms with Gasteiger partial charge in [0.2, 0.25) is 0 Å². The second-order valence-electron chi connectivity index (χ2n) is 3.85. The molecule has 0 amide bonds. The number of thiophene rings is 1. The standard InChI is InChI=1S/C13H13BrFNS/c1-9(13-3-2-6-17-13)16-8-10-7-11(14)4-5-12(10)15/h2-7,9,16H,8H2,1H3/t9-/m0/s1. The van der Waals surface area contributed by atoms with E-state index in [9.17, 15) is 4.39 Å². The van der Waals surface area contributed by atoms with E-state index in [1.807, 2.05) is 17.5 Å². The van der Waals surface area contributed by atoms with E-state index in [1.165, 1.54) is 10.9 Å². The molecule has 90 valence electrons. The summed E-state index contributed by atoms with van der Waals surface area (Å²) in [4.78, 5) is 1.26. The zero-order valence-electron chi connectivity index (χ0n) is 9.41. The van der Waals surface area contributed by atoms with Crippen molar-refractivity contribution in [3.63, 3.8) is 0 Å². The van der Waals surface area contributed by atoms with Crippen LogP contribution in [-0.2, 0) is 6.54 Å². The molecule has 0 radical (unpaired) electrons. The number of hydrogen-bond acceptors (Lipinski definition) is 2. The molecule has 1 atom stereocenters. The van der Waals surface area contributed by atoms with Crippen LogP contribution in [0.5, 0.6) is 0 Å². The third kappa shape index (κ3) is 3.37. The summed E-state index contributed by atoms with van der Waals surface area (Å²) in [6.07, 6.45) is 0. The van der Waals surface area contributed by atoms with Gasteiger partial charge in [-0.3, -0.25) is 0 Å². The van der Waals surface area contributed by atoms with Gasteiger partial charge in [-0.15, -0.1) is 11.3 Å². The Morgan fingerprint density at radius 1 is 1.41 bits per heavy atom. The number of nitrogens with one attached hydrogen (secondary N) is 1. The van der Waals surface area contributed by atoms with Crippen molar-refractivity contribution < 1.29 is 4.39 Å². The van der Waals surface area contributed by atoms with Crippen LogP contribution in [0, 0.1) is 5.82 Å². The highest BCUT2D eigenvalue weighted by Gasteiger charge is 2.08. The quantitative estimate of drug-likeness (QED) is 0.876. The third-order valence-corrected chi connectivity index (χ3v) is 4.12.